The summed E-state index contributed by atoms with van der Waals surface area (Å²) in [5.41, 5.74) is 1.98. The van der Waals surface area contributed by atoms with Gasteiger partial charge in [-0.25, -0.2) is 8.42 Å². The minimum absolute atomic E-state index is 0.319. The lowest BCUT2D eigenvalue weighted by molar-refractivity contribution is -0.120. The van der Waals surface area contributed by atoms with E-state index in [9.17, 15) is 13.2 Å². The zero-order chi connectivity index (χ0) is 22.5. The lowest BCUT2D eigenvalue weighted by atomic mass is 10.0. The lowest BCUT2D eigenvalue weighted by Crippen LogP contribution is -2.41. The molecule has 0 aromatic heterocycles. The maximum atomic E-state index is 12.7. The van der Waals surface area contributed by atoms with Crippen molar-refractivity contribution in [2.24, 2.45) is 0 Å². The topological polar surface area (TPSA) is 84.9 Å². The van der Waals surface area contributed by atoms with Crippen molar-refractivity contribution in [3.8, 4) is 11.5 Å². The van der Waals surface area contributed by atoms with Crippen molar-refractivity contribution in [1.82, 2.24) is 5.32 Å². The first kappa shape index (κ1) is 23.8. The van der Waals surface area contributed by atoms with Crippen molar-refractivity contribution < 1.29 is 22.7 Å². The van der Waals surface area contributed by atoms with Crippen molar-refractivity contribution in [2.45, 2.75) is 26.3 Å². The van der Waals surface area contributed by atoms with E-state index in [2.05, 4.69) is 5.32 Å². The van der Waals surface area contributed by atoms with Gasteiger partial charge in [0, 0.05) is 5.02 Å². The fraction of sp³-hybridized carbons (Fsp3) is 0.381. The molecule has 2 aromatic rings. The van der Waals surface area contributed by atoms with Gasteiger partial charge in [-0.2, -0.15) is 0 Å². The molecule has 0 aliphatic carbocycles. The van der Waals surface area contributed by atoms with Crippen LogP contribution in [0.3, 0.4) is 0 Å². The summed E-state index contributed by atoms with van der Waals surface area (Å²) in [6.45, 7) is 3.39. The molecular formula is C21H27ClN2O5S. The second kappa shape index (κ2) is 10.0. The molecule has 0 aliphatic rings. The molecular weight excluding hydrogens is 428 g/mol. The molecule has 0 radical (unpaired) electrons. The maximum Gasteiger partial charge on any atom is 0.241 e. The van der Waals surface area contributed by atoms with Gasteiger partial charge in [-0.3, -0.25) is 9.10 Å². The van der Waals surface area contributed by atoms with Crippen LogP contribution in [0.15, 0.2) is 36.4 Å². The molecule has 7 nitrogen and oxygen atoms in total. The third-order valence-corrected chi connectivity index (χ3v) is 6.23. The predicted molar refractivity (Wildman–Crippen MR) is 119 cm³/mol. The van der Waals surface area contributed by atoms with Gasteiger partial charge in [0.2, 0.25) is 15.9 Å². The number of nitrogens with zero attached hydrogens (tertiary/aromatic N) is 1. The van der Waals surface area contributed by atoms with Crippen LogP contribution in [0.4, 0.5) is 5.69 Å². The number of amides is 1. The Morgan fingerprint density at radius 3 is 2.33 bits per heavy atom. The average molecular weight is 455 g/mol. The number of carbonyl (C=O) groups is 1. The molecule has 1 atom stereocenters. The van der Waals surface area contributed by atoms with Crippen molar-refractivity contribution in [3.05, 3.63) is 52.5 Å². The Morgan fingerprint density at radius 2 is 1.80 bits per heavy atom. The number of nitrogens with one attached hydrogen (secondary N) is 1. The quantitative estimate of drug-likeness (QED) is 0.624. The van der Waals surface area contributed by atoms with E-state index in [0.717, 1.165) is 21.7 Å². The van der Waals surface area contributed by atoms with Crippen molar-refractivity contribution in [1.29, 1.82) is 0 Å². The summed E-state index contributed by atoms with van der Waals surface area (Å²) in [5, 5.41) is 3.32. The molecule has 2 aromatic carbocycles. The monoisotopic (exact) mass is 454 g/mol. The van der Waals surface area contributed by atoms with E-state index < -0.39 is 15.9 Å². The fourth-order valence-corrected chi connectivity index (χ4v) is 4.02. The molecule has 30 heavy (non-hydrogen) atoms. The summed E-state index contributed by atoms with van der Waals surface area (Å²) in [6, 6.07) is 9.95. The number of carbonyl (C=O) groups excluding carboxylic acids is 1. The highest BCUT2D eigenvalue weighted by Gasteiger charge is 2.23. The Morgan fingerprint density at radius 1 is 1.13 bits per heavy atom. The van der Waals surface area contributed by atoms with Crippen LogP contribution < -0.4 is 19.1 Å². The molecule has 1 N–H and O–H groups in total. The molecule has 9 heteroatoms. The summed E-state index contributed by atoms with van der Waals surface area (Å²) in [7, 11) is -0.603. The summed E-state index contributed by atoms with van der Waals surface area (Å²) >= 11 is 6.14. The highest BCUT2D eigenvalue weighted by Crippen LogP contribution is 2.31. The molecule has 1 amide bonds. The zero-order valence-electron chi connectivity index (χ0n) is 17.7. The smallest absolute Gasteiger partial charge is 0.241 e. The van der Waals surface area contributed by atoms with E-state index in [1.54, 1.807) is 31.4 Å². The number of anilines is 1. The van der Waals surface area contributed by atoms with E-state index in [0.29, 0.717) is 28.6 Å². The van der Waals surface area contributed by atoms with Crippen LogP contribution >= 0.6 is 11.6 Å². The Kier molecular flexibility index (Phi) is 7.97. The van der Waals surface area contributed by atoms with Gasteiger partial charge in [0.25, 0.3) is 0 Å². The van der Waals surface area contributed by atoms with Gasteiger partial charge in [0.1, 0.15) is 6.54 Å². The number of rotatable bonds is 9. The maximum absolute atomic E-state index is 12.7. The normalized spacial score (nSPS) is 12.2. The number of hydrogen-bond acceptors (Lipinski definition) is 5. The molecule has 0 aliphatic heterocycles. The minimum atomic E-state index is -3.69. The SMILES string of the molecule is CCC(NC(=O)CN(c1ccc(C)c(Cl)c1)S(C)(=O)=O)c1ccc(OC)c(OC)c1. The van der Waals surface area contributed by atoms with Crippen LogP contribution in [-0.2, 0) is 14.8 Å². The molecule has 0 saturated heterocycles. The fourth-order valence-electron chi connectivity index (χ4n) is 3.00. The Labute approximate surface area is 183 Å². The predicted octanol–water partition coefficient (Wildman–Crippen LogP) is 3.70. The number of methoxy groups -OCH3 is 2. The first-order chi connectivity index (χ1) is 14.1. The summed E-state index contributed by atoms with van der Waals surface area (Å²) in [5.74, 6) is 0.704. The molecule has 164 valence electrons. The van der Waals surface area contributed by atoms with E-state index >= 15 is 0 Å². The van der Waals surface area contributed by atoms with Crippen LogP contribution in [0, 0.1) is 6.92 Å². The highest BCUT2D eigenvalue weighted by atomic mass is 35.5. The van der Waals surface area contributed by atoms with Crippen LogP contribution in [-0.4, -0.2) is 41.3 Å². The van der Waals surface area contributed by atoms with E-state index in [1.807, 2.05) is 19.9 Å². The molecule has 0 spiro atoms. The van der Waals surface area contributed by atoms with Gasteiger partial charge in [-0.1, -0.05) is 30.7 Å². The second-order valence-electron chi connectivity index (χ2n) is 6.85. The van der Waals surface area contributed by atoms with Gasteiger partial charge in [-0.05, 0) is 48.7 Å². The molecule has 2 rings (SSSR count). The molecule has 0 heterocycles. The largest absolute Gasteiger partial charge is 0.493 e. The Hall–Kier alpha value is -2.45. The third-order valence-electron chi connectivity index (χ3n) is 4.68. The number of halogens is 1. The van der Waals surface area contributed by atoms with Crippen LogP contribution in [0.2, 0.25) is 5.02 Å². The van der Waals surface area contributed by atoms with Gasteiger partial charge in [0.15, 0.2) is 11.5 Å². The van der Waals surface area contributed by atoms with Crippen LogP contribution in [0.25, 0.3) is 0 Å². The average Bonchev–Trinajstić information content (AvgIpc) is 2.71. The Balaban J connectivity index is 2.24. The zero-order valence-corrected chi connectivity index (χ0v) is 19.3. The van der Waals surface area contributed by atoms with E-state index in [4.69, 9.17) is 21.1 Å². The van der Waals surface area contributed by atoms with Crippen molar-refractivity contribution >= 4 is 33.2 Å². The number of ether oxygens (including phenoxy) is 2. The lowest BCUT2D eigenvalue weighted by Gasteiger charge is -2.24. The highest BCUT2D eigenvalue weighted by molar-refractivity contribution is 7.92. The third kappa shape index (κ3) is 5.79. The minimum Gasteiger partial charge on any atom is -0.493 e. The first-order valence-electron chi connectivity index (χ1n) is 9.35. The second-order valence-corrected chi connectivity index (χ2v) is 9.16. The standard InChI is InChI=1S/C21H27ClN2O5S/c1-6-18(15-8-10-19(28-3)20(11-15)29-4)23-21(25)13-24(30(5,26)27)16-9-7-14(2)17(22)12-16/h7-12,18H,6,13H2,1-5H3,(H,23,25). The number of aryl methyl sites for hydroxylation is 1. The van der Waals surface area contributed by atoms with E-state index in [1.165, 1.54) is 13.2 Å². The number of sulfonamides is 1. The molecule has 1 unspecified atom stereocenters. The number of hydrogen-bond donors (Lipinski definition) is 1. The van der Waals surface area contributed by atoms with E-state index in [-0.39, 0.29) is 12.6 Å². The molecule has 0 fully saturated rings. The summed E-state index contributed by atoms with van der Waals surface area (Å²) < 4.78 is 36.2. The van der Waals surface area contributed by atoms with Gasteiger partial charge in [-0.15, -0.1) is 0 Å². The molecule has 0 saturated carbocycles. The summed E-state index contributed by atoms with van der Waals surface area (Å²) in [4.78, 5) is 12.7. The van der Waals surface area contributed by atoms with Gasteiger partial charge >= 0.3 is 0 Å². The number of benzene rings is 2. The van der Waals surface area contributed by atoms with Crippen molar-refractivity contribution in [3.63, 3.8) is 0 Å². The van der Waals surface area contributed by atoms with Gasteiger partial charge in [0.05, 0.1) is 32.2 Å². The summed E-state index contributed by atoms with van der Waals surface area (Å²) in [6.07, 6.45) is 1.66. The van der Waals surface area contributed by atoms with Crippen molar-refractivity contribution in [2.75, 3.05) is 31.3 Å². The van der Waals surface area contributed by atoms with Crippen LogP contribution in [0.1, 0.15) is 30.5 Å². The van der Waals surface area contributed by atoms with Crippen LogP contribution in [0.5, 0.6) is 11.5 Å². The van der Waals surface area contributed by atoms with Gasteiger partial charge < -0.3 is 14.8 Å². The first-order valence-corrected chi connectivity index (χ1v) is 11.6. The Bertz CT molecular complexity index is 1010. The molecule has 0 bridgehead atoms.